The van der Waals surface area contributed by atoms with Crippen molar-refractivity contribution in [2.24, 2.45) is 0 Å². The molecule has 0 spiro atoms. The van der Waals surface area contributed by atoms with Crippen LogP contribution in [0.2, 0.25) is 0 Å². The fourth-order valence-electron chi connectivity index (χ4n) is 2.84. The molecule has 1 unspecified atom stereocenters. The van der Waals surface area contributed by atoms with E-state index < -0.39 is 6.10 Å². The zero-order valence-electron chi connectivity index (χ0n) is 15.6. The van der Waals surface area contributed by atoms with Gasteiger partial charge in [0.2, 0.25) is 0 Å². The van der Waals surface area contributed by atoms with Gasteiger partial charge < -0.3 is 29.6 Å². The second kappa shape index (κ2) is 9.65. The number of rotatable bonds is 10. The number of aliphatic hydroxyl groups is 1. The molecule has 0 radical (unpaired) electrons. The number of nitrogens with zero attached hydrogens (tertiary/aromatic N) is 1. The van der Waals surface area contributed by atoms with Crippen LogP contribution in [0.25, 0.3) is 10.9 Å². The van der Waals surface area contributed by atoms with Gasteiger partial charge in [-0.3, -0.25) is 0 Å². The zero-order valence-corrected chi connectivity index (χ0v) is 15.6. The number of nitrogens with one attached hydrogen (secondary N) is 2. The largest absolute Gasteiger partial charge is 0.493 e. The summed E-state index contributed by atoms with van der Waals surface area (Å²) in [5.41, 5.74) is 1.35. The molecule has 0 aliphatic heterocycles. The molecule has 0 fully saturated rings. The molecule has 0 bridgehead atoms. The summed E-state index contributed by atoms with van der Waals surface area (Å²) in [5.74, 6) is 1.95. The normalized spacial score (nSPS) is 11.8. The van der Waals surface area contributed by atoms with Gasteiger partial charge in [0.15, 0.2) is 11.5 Å². The van der Waals surface area contributed by atoms with Gasteiger partial charge in [0.05, 0.1) is 23.6 Å². The Morgan fingerprint density at radius 1 is 1.11 bits per heavy atom. The van der Waals surface area contributed by atoms with Crippen LogP contribution >= 0.6 is 0 Å². The zero-order chi connectivity index (χ0) is 19.8. The van der Waals surface area contributed by atoms with E-state index >= 15 is 0 Å². The molecule has 7 heteroatoms. The van der Waals surface area contributed by atoms with Crippen LogP contribution in [0.15, 0.2) is 48.7 Å². The highest BCUT2D eigenvalue weighted by molar-refractivity contribution is 5.91. The first-order valence-corrected chi connectivity index (χ1v) is 9.00. The molecule has 0 saturated carbocycles. The number of fused-ring (bicyclic) bond motifs is 1. The van der Waals surface area contributed by atoms with E-state index in [0.29, 0.717) is 42.5 Å². The highest BCUT2D eigenvalue weighted by Crippen LogP contribution is 2.28. The van der Waals surface area contributed by atoms with Gasteiger partial charge in [-0.2, -0.15) is 5.26 Å². The quantitative estimate of drug-likeness (QED) is 0.467. The molecule has 3 N–H and O–H groups in total. The van der Waals surface area contributed by atoms with Crippen LogP contribution in [0, 0.1) is 11.3 Å². The van der Waals surface area contributed by atoms with Crippen molar-refractivity contribution in [1.29, 1.82) is 5.26 Å². The molecule has 0 saturated heterocycles. The first-order chi connectivity index (χ1) is 13.7. The second-order valence-electron chi connectivity index (χ2n) is 6.16. The fraction of sp³-hybridized carbons (Fsp3) is 0.286. The summed E-state index contributed by atoms with van der Waals surface area (Å²) in [6.45, 7) is 1.50. The number of methoxy groups -OCH3 is 1. The van der Waals surface area contributed by atoms with Gasteiger partial charge in [0, 0.05) is 19.3 Å². The Bertz CT molecular complexity index is 948. The Morgan fingerprint density at radius 2 is 1.89 bits per heavy atom. The summed E-state index contributed by atoms with van der Waals surface area (Å²) in [6.07, 6.45) is 0.961. The minimum atomic E-state index is -0.689. The van der Waals surface area contributed by atoms with Crippen LogP contribution in [0.3, 0.4) is 0 Å². The van der Waals surface area contributed by atoms with Crippen LogP contribution in [0.5, 0.6) is 17.2 Å². The Labute approximate surface area is 163 Å². The summed E-state index contributed by atoms with van der Waals surface area (Å²) in [4.78, 5) is 3.04. The third-order valence-electron chi connectivity index (χ3n) is 4.20. The summed E-state index contributed by atoms with van der Waals surface area (Å²) < 4.78 is 16.6. The van der Waals surface area contributed by atoms with Crippen LogP contribution < -0.4 is 19.5 Å². The van der Waals surface area contributed by atoms with Gasteiger partial charge in [-0.15, -0.1) is 0 Å². The topological polar surface area (TPSA) is 99.5 Å². The van der Waals surface area contributed by atoms with Crippen molar-refractivity contribution >= 4 is 10.9 Å². The lowest BCUT2D eigenvalue weighted by Crippen LogP contribution is -2.33. The SMILES string of the molecule is COc1ccccc1OCCNCC(O)COc1cccc2[nH]cc(C#N)c12. The molecule has 2 aromatic carbocycles. The molecule has 1 atom stereocenters. The standard InChI is InChI=1S/C21H23N3O4/c1-26-18-6-2-3-7-19(18)27-10-9-23-13-16(25)14-28-20-8-4-5-17-21(20)15(11-22)12-24-17/h2-8,12,16,23-25H,9-10,13-14H2,1H3. The molecule has 3 rings (SSSR count). The molecular weight excluding hydrogens is 358 g/mol. The number of para-hydroxylation sites is 2. The van der Waals surface area contributed by atoms with Crippen molar-refractivity contribution in [3.05, 3.63) is 54.2 Å². The van der Waals surface area contributed by atoms with E-state index in [1.54, 1.807) is 19.4 Å². The molecule has 0 aliphatic carbocycles. The number of aliphatic hydroxyl groups excluding tert-OH is 1. The fourth-order valence-corrected chi connectivity index (χ4v) is 2.84. The lowest BCUT2D eigenvalue weighted by Gasteiger charge is -2.15. The molecule has 0 aliphatic rings. The molecule has 1 aromatic heterocycles. The number of hydrogen-bond acceptors (Lipinski definition) is 6. The molecule has 7 nitrogen and oxygen atoms in total. The van der Waals surface area contributed by atoms with Crippen molar-refractivity contribution in [3.63, 3.8) is 0 Å². The Kier molecular flexibility index (Phi) is 6.73. The van der Waals surface area contributed by atoms with Crippen LogP contribution in [0.4, 0.5) is 0 Å². The van der Waals surface area contributed by atoms with Crippen molar-refractivity contribution < 1.29 is 19.3 Å². The molecule has 146 valence electrons. The van der Waals surface area contributed by atoms with E-state index in [0.717, 1.165) is 10.9 Å². The third kappa shape index (κ3) is 4.74. The van der Waals surface area contributed by atoms with E-state index in [1.165, 1.54) is 0 Å². The van der Waals surface area contributed by atoms with Crippen molar-refractivity contribution in [2.75, 3.05) is 33.4 Å². The van der Waals surface area contributed by atoms with Crippen molar-refractivity contribution in [3.8, 4) is 23.3 Å². The van der Waals surface area contributed by atoms with E-state index in [-0.39, 0.29) is 6.61 Å². The number of H-pyrrole nitrogens is 1. The average Bonchev–Trinajstić information content (AvgIpc) is 3.16. The average molecular weight is 381 g/mol. The lowest BCUT2D eigenvalue weighted by atomic mass is 10.1. The molecule has 0 amide bonds. The van der Waals surface area contributed by atoms with Crippen molar-refractivity contribution in [1.82, 2.24) is 10.3 Å². The van der Waals surface area contributed by atoms with E-state index in [1.807, 2.05) is 36.4 Å². The summed E-state index contributed by atoms with van der Waals surface area (Å²) in [7, 11) is 1.60. The van der Waals surface area contributed by atoms with E-state index in [4.69, 9.17) is 14.2 Å². The van der Waals surface area contributed by atoms with Crippen molar-refractivity contribution in [2.45, 2.75) is 6.10 Å². The summed E-state index contributed by atoms with van der Waals surface area (Å²) in [6, 6.07) is 15.1. The van der Waals surface area contributed by atoms with Gasteiger partial charge in [0.25, 0.3) is 0 Å². The lowest BCUT2D eigenvalue weighted by molar-refractivity contribution is 0.106. The monoisotopic (exact) mass is 381 g/mol. The molecule has 28 heavy (non-hydrogen) atoms. The predicted octanol–water partition coefficient (Wildman–Crippen LogP) is 2.46. The number of hydrogen-bond donors (Lipinski definition) is 3. The number of ether oxygens (including phenoxy) is 3. The highest BCUT2D eigenvalue weighted by Gasteiger charge is 2.11. The van der Waals surface area contributed by atoms with Crippen LogP contribution in [-0.4, -0.2) is 49.6 Å². The molecule has 1 heterocycles. The summed E-state index contributed by atoms with van der Waals surface area (Å²) in [5, 5.41) is 23.2. The van der Waals surface area contributed by atoms with Gasteiger partial charge in [-0.25, -0.2) is 0 Å². The van der Waals surface area contributed by atoms with Gasteiger partial charge in [0.1, 0.15) is 31.1 Å². The second-order valence-corrected chi connectivity index (χ2v) is 6.16. The Balaban J connectivity index is 1.41. The highest BCUT2D eigenvalue weighted by atomic mass is 16.5. The maximum absolute atomic E-state index is 10.1. The third-order valence-corrected chi connectivity index (χ3v) is 4.20. The molecule has 3 aromatic rings. The number of benzene rings is 2. The minimum absolute atomic E-state index is 0.121. The van der Waals surface area contributed by atoms with E-state index in [2.05, 4.69) is 16.4 Å². The van der Waals surface area contributed by atoms with E-state index in [9.17, 15) is 10.4 Å². The first kappa shape index (κ1) is 19.5. The van der Waals surface area contributed by atoms with Gasteiger partial charge >= 0.3 is 0 Å². The maximum Gasteiger partial charge on any atom is 0.161 e. The number of aromatic amines is 1. The number of nitriles is 1. The maximum atomic E-state index is 10.1. The molecular formula is C21H23N3O4. The number of aromatic nitrogens is 1. The van der Waals surface area contributed by atoms with Gasteiger partial charge in [-0.1, -0.05) is 18.2 Å². The minimum Gasteiger partial charge on any atom is -0.493 e. The van der Waals surface area contributed by atoms with Crippen LogP contribution in [-0.2, 0) is 0 Å². The predicted molar refractivity (Wildman–Crippen MR) is 106 cm³/mol. The Morgan fingerprint density at radius 3 is 2.68 bits per heavy atom. The van der Waals surface area contributed by atoms with Crippen LogP contribution in [0.1, 0.15) is 5.56 Å². The summed E-state index contributed by atoms with van der Waals surface area (Å²) >= 11 is 0. The Hall–Kier alpha value is -3.21. The smallest absolute Gasteiger partial charge is 0.161 e. The van der Waals surface area contributed by atoms with Gasteiger partial charge in [-0.05, 0) is 24.3 Å². The first-order valence-electron chi connectivity index (χ1n) is 9.00.